The van der Waals surface area contributed by atoms with E-state index in [9.17, 15) is 26.7 Å². The average molecular weight is 582 g/mol. The van der Waals surface area contributed by atoms with Crippen LogP contribution in [0.25, 0.3) is 22.0 Å². The highest BCUT2D eigenvalue weighted by Crippen LogP contribution is 2.33. The largest absolute Gasteiger partial charge is 0.478 e. The summed E-state index contributed by atoms with van der Waals surface area (Å²) in [6.07, 6.45) is 0. The van der Waals surface area contributed by atoms with Crippen molar-refractivity contribution in [2.45, 2.75) is 17.6 Å². The Morgan fingerprint density at radius 3 is 2.38 bits per heavy atom. The minimum Gasteiger partial charge on any atom is -0.478 e. The van der Waals surface area contributed by atoms with Crippen molar-refractivity contribution in [3.8, 4) is 11.1 Å². The van der Waals surface area contributed by atoms with E-state index in [1.807, 2.05) is 0 Å². The fourth-order valence-corrected chi connectivity index (χ4v) is 7.56. The van der Waals surface area contributed by atoms with Gasteiger partial charge in [-0.15, -0.1) is 0 Å². The van der Waals surface area contributed by atoms with Gasteiger partial charge < -0.3 is 9.84 Å². The number of rotatable bonds is 8. The number of ether oxygens (including phenoxy) is 1. The number of sulfonamides is 2. The van der Waals surface area contributed by atoms with Gasteiger partial charge in [-0.05, 0) is 47.9 Å². The van der Waals surface area contributed by atoms with Crippen LogP contribution in [0.4, 0.5) is 5.69 Å². The van der Waals surface area contributed by atoms with Gasteiger partial charge in [-0.3, -0.25) is 9.71 Å². The van der Waals surface area contributed by atoms with E-state index < -0.39 is 26.0 Å². The zero-order valence-electron chi connectivity index (χ0n) is 21.6. The van der Waals surface area contributed by atoms with Gasteiger partial charge in [-0.25, -0.2) is 21.6 Å². The van der Waals surface area contributed by atoms with Gasteiger partial charge in [0.15, 0.2) is 0 Å². The number of morpholine rings is 1. The Bertz CT molecular complexity index is 1800. The highest BCUT2D eigenvalue weighted by atomic mass is 32.2. The molecule has 208 valence electrons. The number of nitrogens with one attached hydrogen (secondary N) is 1. The number of carbonyl (C=O) groups is 1. The number of hydrogen-bond acceptors (Lipinski definition) is 7. The molecule has 0 bridgehead atoms. The number of aryl methyl sites for hydroxylation is 1. The molecule has 4 aromatic rings. The molecule has 40 heavy (non-hydrogen) atoms. The maximum atomic E-state index is 13.5. The Morgan fingerprint density at radius 2 is 1.68 bits per heavy atom. The van der Waals surface area contributed by atoms with Crippen LogP contribution in [-0.2, 0) is 30.5 Å². The predicted molar refractivity (Wildman–Crippen MR) is 151 cm³/mol. The van der Waals surface area contributed by atoms with E-state index in [0.29, 0.717) is 27.9 Å². The lowest BCUT2D eigenvalue weighted by Crippen LogP contribution is -2.40. The Morgan fingerprint density at radius 1 is 0.975 bits per heavy atom. The number of pyridine rings is 1. The minimum atomic E-state index is -3.98. The van der Waals surface area contributed by atoms with E-state index in [-0.39, 0.29) is 53.6 Å². The number of benzene rings is 3. The quantitative estimate of drug-likeness (QED) is 0.319. The molecular formula is C28H27N3O7S2. The Hall–Kier alpha value is -3.84. The summed E-state index contributed by atoms with van der Waals surface area (Å²) in [4.78, 5) is 16.0. The van der Waals surface area contributed by atoms with Crippen LogP contribution in [0, 0.1) is 6.92 Å². The smallest absolute Gasteiger partial charge is 0.336 e. The summed E-state index contributed by atoms with van der Waals surface area (Å²) in [5.74, 6) is -1.43. The summed E-state index contributed by atoms with van der Waals surface area (Å²) in [6, 6.07) is 19.4. The zero-order valence-corrected chi connectivity index (χ0v) is 23.2. The van der Waals surface area contributed by atoms with E-state index in [4.69, 9.17) is 4.74 Å². The van der Waals surface area contributed by atoms with Crippen molar-refractivity contribution >= 4 is 42.6 Å². The normalized spacial score (nSPS) is 14.7. The number of aromatic nitrogens is 1. The topological polar surface area (TPSA) is 143 Å². The second kappa shape index (κ2) is 11.0. The van der Waals surface area contributed by atoms with Crippen LogP contribution in [0.5, 0.6) is 0 Å². The van der Waals surface area contributed by atoms with Crippen molar-refractivity contribution in [1.29, 1.82) is 0 Å². The number of carboxylic acids is 1. The van der Waals surface area contributed by atoms with E-state index in [0.717, 1.165) is 0 Å². The predicted octanol–water partition coefficient (Wildman–Crippen LogP) is 3.87. The highest BCUT2D eigenvalue weighted by molar-refractivity contribution is 7.92. The van der Waals surface area contributed by atoms with Crippen molar-refractivity contribution in [3.05, 3.63) is 89.6 Å². The van der Waals surface area contributed by atoms with Crippen molar-refractivity contribution in [1.82, 2.24) is 9.29 Å². The van der Waals surface area contributed by atoms with Crippen molar-refractivity contribution < 1.29 is 31.5 Å². The summed E-state index contributed by atoms with van der Waals surface area (Å²) in [7, 11) is -7.92. The summed E-state index contributed by atoms with van der Waals surface area (Å²) < 4.78 is 62.9. The Kier molecular flexibility index (Phi) is 7.60. The van der Waals surface area contributed by atoms with Crippen LogP contribution in [-0.4, -0.2) is 63.5 Å². The second-order valence-electron chi connectivity index (χ2n) is 9.39. The molecule has 0 spiro atoms. The van der Waals surface area contributed by atoms with Crippen molar-refractivity contribution in [3.63, 3.8) is 0 Å². The molecule has 1 aliphatic heterocycles. The first kappa shape index (κ1) is 27.7. The van der Waals surface area contributed by atoms with Gasteiger partial charge >= 0.3 is 5.97 Å². The molecule has 1 saturated heterocycles. The molecule has 1 aromatic heterocycles. The minimum absolute atomic E-state index is 0.0291. The van der Waals surface area contributed by atoms with E-state index in [2.05, 4.69) is 9.71 Å². The van der Waals surface area contributed by atoms with Gasteiger partial charge in [-0.2, -0.15) is 4.31 Å². The molecule has 2 N–H and O–H groups in total. The van der Waals surface area contributed by atoms with Crippen molar-refractivity contribution in [2.75, 3.05) is 31.0 Å². The van der Waals surface area contributed by atoms with Crippen LogP contribution in [0.2, 0.25) is 0 Å². The fourth-order valence-electron chi connectivity index (χ4n) is 4.73. The van der Waals surface area contributed by atoms with Gasteiger partial charge in [0.1, 0.15) is 0 Å². The molecule has 0 amide bonds. The molecule has 12 heteroatoms. The number of carboxylic acid groups (broad SMARTS) is 1. The Labute approximate surface area is 232 Å². The lowest BCUT2D eigenvalue weighted by Gasteiger charge is -2.27. The molecule has 2 heterocycles. The van der Waals surface area contributed by atoms with E-state index >= 15 is 0 Å². The molecule has 5 rings (SSSR count). The standard InChI is InChI=1S/C28H27N3O7S2/c1-19-17-25(27-24(29-19)7-4-8-26(27)40(36,37)31-13-15-38-16-14-31)30-39(34,35)18-20-9-11-21(12-10-20)22-5-2-3-6-23(22)28(32)33/h2-12,17H,13-16,18H2,1H3,(H,29,30)(H,32,33). The molecule has 0 unspecified atom stereocenters. The number of nitrogens with zero attached hydrogens (tertiary/aromatic N) is 2. The lowest BCUT2D eigenvalue weighted by atomic mass is 9.99. The summed E-state index contributed by atoms with van der Waals surface area (Å²) in [6.45, 7) is 2.66. The first-order chi connectivity index (χ1) is 19.0. The maximum absolute atomic E-state index is 13.5. The van der Waals surface area contributed by atoms with Crippen LogP contribution >= 0.6 is 0 Å². The lowest BCUT2D eigenvalue weighted by molar-refractivity contribution is 0.0697. The van der Waals surface area contributed by atoms with E-state index in [1.54, 1.807) is 61.5 Å². The monoisotopic (exact) mass is 581 g/mol. The molecule has 3 aromatic carbocycles. The highest BCUT2D eigenvalue weighted by Gasteiger charge is 2.29. The first-order valence-corrected chi connectivity index (χ1v) is 15.5. The first-order valence-electron chi connectivity index (χ1n) is 12.5. The number of anilines is 1. The molecule has 0 aliphatic carbocycles. The number of aromatic carboxylic acids is 1. The molecule has 0 saturated carbocycles. The number of hydrogen-bond donors (Lipinski definition) is 2. The molecular weight excluding hydrogens is 554 g/mol. The van der Waals surface area contributed by atoms with Gasteiger partial charge in [0.25, 0.3) is 0 Å². The second-order valence-corrected chi connectivity index (χ2v) is 13.0. The average Bonchev–Trinajstić information content (AvgIpc) is 2.93. The van der Waals surface area contributed by atoms with Gasteiger partial charge in [0, 0.05) is 24.2 Å². The Balaban J connectivity index is 1.46. The van der Waals surface area contributed by atoms with Gasteiger partial charge in [0.2, 0.25) is 20.0 Å². The van der Waals surface area contributed by atoms with Crippen LogP contribution in [0.15, 0.2) is 77.7 Å². The SMILES string of the molecule is Cc1cc(NS(=O)(=O)Cc2ccc(-c3ccccc3C(=O)O)cc2)c2c(S(=O)(=O)N3CCOCC3)cccc2n1. The van der Waals surface area contributed by atoms with E-state index in [1.165, 1.54) is 22.5 Å². The van der Waals surface area contributed by atoms with Gasteiger partial charge in [-0.1, -0.05) is 48.5 Å². The summed E-state index contributed by atoms with van der Waals surface area (Å²) in [5, 5.41) is 9.67. The number of fused-ring (bicyclic) bond motifs is 1. The van der Waals surface area contributed by atoms with Crippen LogP contribution in [0.1, 0.15) is 21.6 Å². The van der Waals surface area contributed by atoms with Crippen LogP contribution < -0.4 is 4.72 Å². The molecule has 0 atom stereocenters. The van der Waals surface area contributed by atoms with Crippen LogP contribution in [0.3, 0.4) is 0 Å². The summed E-state index contributed by atoms with van der Waals surface area (Å²) in [5.41, 5.74) is 2.78. The third kappa shape index (κ3) is 5.70. The molecule has 1 fully saturated rings. The zero-order chi connectivity index (χ0) is 28.5. The molecule has 1 aliphatic rings. The summed E-state index contributed by atoms with van der Waals surface area (Å²) >= 11 is 0. The van der Waals surface area contributed by atoms with Crippen molar-refractivity contribution in [2.24, 2.45) is 0 Å². The fraction of sp³-hybridized carbons (Fsp3) is 0.214. The third-order valence-electron chi connectivity index (χ3n) is 6.56. The third-order valence-corrected chi connectivity index (χ3v) is 9.74. The molecule has 0 radical (unpaired) electrons. The maximum Gasteiger partial charge on any atom is 0.336 e. The molecule has 10 nitrogen and oxygen atoms in total. The van der Waals surface area contributed by atoms with Gasteiger partial charge in [0.05, 0.1) is 40.6 Å².